The topological polar surface area (TPSA) is 44.7 Å². The Hall–Kier alpha value is -2.04. The molecule has 4 nitrogen and oxygen atoms in total. The molecule has 2 N–H and O–H groups in total. The van der Waals surface area contributed by atoms with E-state index in [-0.39, 0.29) is 5.75 Å². The van der Waals surface area contributed by atoms with Crippen molar-refractivity contribution in [1.29, 1.82) is 0 Å². The lowest BCUT2D eigenvalue weighted by Crippen LogP contribution is -2.42. The van der Waals surface area contributed by atoms with E-state index < -0.39 is 0 Å². The van der Waals surface area contributed by atoms with Gasteiger partial charge in [0.25, 0.3) is 0 Å². The molecule has 0 saturated carbocycles. The van der Waals surface area contributed by atoms with Crippen molar-refractivity contribution < 1.29 is 9.84 Å². The fourth-order valence-corrected chi connectivity index (χ4v) is 2.85. The first-order valence-electron chi connectivity index (χ1n) is 7.65. The minimum atomic E-state index is 0.279. The van der Waals surface area contributed by atoms with Crippen LogP contribution in [0.2, 0.25) is 0 Å². The highest BCUT2D eigenvalue weighted by atomic mass is 16.5. The van der Waals surface area contributed by atoms with Crippen molar-refractivity contribution in [1.82, 2.24) is 10.2 Å². The van der Waals surface area contributed by atoms with Crippen molar-refractivity contribution in [3.8, 4) is 22.6 Å². The van der Waals surface area contributed by atoms with Gasteiger partial charge in [-0.25, -0.2) is 0 Å². The second-order valence-electron chi connectivity index (χ2n) is 5.60. The van der Waals surface area contributed by atoms with Crippen LogP contribution in [0.15, 0.2) is 42.5 Å². The van der Waals surface area contributed by atoms with Crippen LogP contribution in [0.1, 0.15) is 5.56 Å². The second-order valence-corrected chi connectivity index (χ2v) is 5.60. The Morgan fingerprint density at radius 1 is 1.09 bits per heavy atom. The van der Waals surface area contributed by atoms with Crippen molar-refractivity contribution in [3.05, 3.63) is 48.0 Å². The molecular weight excluding hydrogens is 276 g/mol. The molecule has 1 heterocycles. The van der Waals surface area contributed by atoms with Crippen molar-refractivity contribution in [3.63, 3.8) is 0 Å². The Morgan fingerprint density at radius 3 is 2.59 bits per heavy atom. The van der Waals surface area contributed by atoms with Crippen LogP contribution in [0.3, 0.4) is 0 Å². The van der Waals surface area contributed by atoms with Crippen LogP contribution in [0.25, 0.3) is 11.1 Å². The summed E-state index contributed by atoms with van der Waals surface area (Å²) in [6, 6.07) is 13.6. The van der Waals surface area contributed by atoms with E-state index in [9.17, 15) is 5.11 Å². The summed E-state index contributed by atoms with van der Waals surface area (Å²) in [5, 5.41) is 13.0. The quantitative estimate of drug-likeness (QED) is 0.910. The van der Waals surface area contributed by atoms with Gasteiger partial charge in [-0.3, -0.25) is 4.90 Å². The monoisotopic (exact) mass is 298 g/mol. The maximum atomic E-state index is 9.63. The van der Waals surface area contributed by atoms with Gasteiger partial charge in [0.05, 0.1) is 7.11 Å². The van der Waals surface area contributed by atoms with Crippen LogP contribution in [-0.4, -0.2) is 43.3 Å². The van der Waals surface area contributed by atoms with Gasteiger partial charge in [0.1, 0.15) is 11.5 Å². The molecule has 2 aromatic carbocycles. The van der Waals surface area contributed by atoms with Crippen LogP contribution in [-0.2, 0) is 6.54 Å². The molecule has 4 heteroatoms. The van der Waals surface area contributed by atoms with Gasteiger partial charge in [0.2, 0.25) is 0 Å². The smallest absolute Gasteiger partial charge is 0.123 e. The highest BCUT2D eigenvalue weighted by molar-refractivity contribution is 5.67. The van der Waals surface area contributed by atoms with E-state index in [4.69, 9.17) is 4.74 Å². The van der Waals surface area contributed by atoms with Crippen LogP contribution in [0.4, 0.5) is 0 Å². The largest absolute Gasteiger partial charge is 0.508 e. The molecule has 0 aromatic heterocycles. The number of rotatable bonds is 4. The lowest BCUT2D eigenvalue weighted by atomic mass is 10.0. The van der Waals surface area contributed by atoms with Crippen molar-refractivity contribution >= 4 is 0 Å². The van der Waals surface area contributed by atoms with E-state index in [1.165, 1.54) is 5.56 Å². The zero-order chi connectivity index (χ0) is 15.4. The van der Waals surface area contributed by atoms with Gasteiger partial charge in [0, 0.05) is 38.3 Å². The first-order valence-corrected chi connectivity index (χ1v) is 7.65. The van der Waals surface area contributed by atoms with E-state index in [1.54, 1.807) is 19.2 Å². The van der Waals surface area contributed by atoms with Crippen LogP contribution >= 0.6 is 0 Å². The molecule has 0 aliphatic carbocycles. The van der Waals surface area contributed by atoms with Gasteiger partial charge in [-0.2, -0.15) is 0 Å². The average Bonchev–Trinajstić information content (AvgIpc) is 2.56. The summed E-state index contributed by atoms with van der Waals surface area (Å²) in [6.45, 7) is 5.13. The number of nitrogens with one attached hydrogen (secondary N) is 1. The number of ether oxygens (including phenoxy) is 1. The number of benzene rings is 2. The summed E-state index contributed by atoms with van der Waals surface area (Å²) in [5.74, 6) is 1.18. The first kappa shape index (κ1) is 14.9. The van der Waals surface area contributed by atoms with E-state index in [0.717, 1.165) is 49.6 Å². The molecule has 1 aliphatic heterocycles. The molecule has 1 saturated heterocycles. The maximum absolute atomic E-state index is 9.63. The van der Waals surface area contributed by atoms with Gasteiger partial charge < -0.3 is 15.2 Å². The molecule has 22 heavy (non-hydrogen) atoms. The SMILES string of the molecule is COc1cc(-c2cccc(O)c2)ccc1CN1CCNCC1. The Balaban J connectivity index is 1.83. The predicted molar refractivity (Wildman–Crippen MR) is 88.2 cm³/mol. The summed E-state index contributed by atoms with van der Waals surface area (Å²) < 4.78 is 5.57. The predicted octanol–water partition coefficient (Wildman–Crippen LogP) is 2.47. The number of piperazine rings is 1. The van der Waals surface area contributed by atoms with Crippen molar-refractivity contribution in [2.75, 3.05) is 33.3 Å². The molecule has 2 aromatic rings. The zero-order valence-corrected chi connectivity index (χ0v) is 12.9. The molecule has 0 spiro atoms. The Labute approximate surface area is 131 Å². The molecule has 3 rings (SSSR count). The molecule has 0 bridgehead atoms. The number of phenols is 1. The maximum Gasteiger partial charge on any atom is 0.123 e. The summed E-state index contributed by atoms with van der Waals surface area (Å²) in [4.78, 5) is 2.43. The second kappa shape index (κ2) is 6.81. The van der Waals surface area contributed by atoms with E-state index in [0.29, 0.717) is 0 Å². The minimum Gasteiger partial charge on any atom is -0.508 e. The van der Waals surface area contributed by atoms with Gasteiger partial charge in [-0.1, -0.05) is 24.3 Å². The summed E-state index contributed by atoms with van der Waals surface area (Å²) >= 11 is 0. The fourth-order valence-electron chi connectivity index (χ4n) is 2.85. The molecule has 116 valence electrons. The van der Waals surface area contributed by atoms with Gasteiger partial charge in [0.15, 0.2) is 0 Å². The third-order valence-corrected chi connectivity index (χ3v) is 4.07. The number of methoxy groups -OCH3 is 1. The third-order valence-electron chi connectivity index (χ3n) is 4.07. The number of hydrogen-bond donors (Lipinski definition) is 2. The highest BCUT2D eigenvalue weighted by Crippen LogP contribution is 2.29. The summed E-state index contributed by atoms with van der Waals surface area (Å²) in [7, 11) is 1.71. The molecule has 0 radical (unpaired) electrons. The lowest BCUT2D eigenvalue weighted by Gasteiger charge is -2.27. The van der Waals surface area contributed by atoms with Gasteiger partial charge in [-0.05, 0) is 29.3 Å². The first-order chi connectivity index (χ1) is 10.8. The van der Waals surface area contributed by atoms with Crippen molar-refractivity contribution in [2.45, 2.75) is 6.54 Å². The Kier molecular flexibility index (Phi) is 4.61. The molecule has 0 amide bonds. The van der Waals surface area contributed by atoms with Crippen LogP contribution in [0.5, 0.6) is 11.5 Å². The number of aromatic hydroxyl groups is 1. The van der Waals surface area contributed by atoms with Crippen molar-refractivity contribution in [2.24, 2.45) is 0 Å². The van der Waals surface area contributed by atoms with Gasteiger partial charge in [-0.15, -0.1) is 0 Å². The highest BCUT2D eigenvalue weighted by Gasteiger charge is 2.13. The van der Waals surface area contributed by atoms with Crippen LogP contribution < -0.4 is 10.1 Å². The Bertz CT molecular complexity index is 637. The van der Waals surface area contributed by atoms with E-state index in [2.05, 4.69) is 22.3 Å². The number of nitrogens with zero attached hydrogens (tertiary/aromatic N) is 1. The van der Waals surface area contributed by atoms with E-state index in [1.807, 2.05) is 18.2 Å². The van der Waals surface area contributed by atoms with E-state index >= 15 is 0 Å². The zero-order valence-electron chi connectivity index (χ0n) is 12.9. The van der Waals surface area contributed by atoms with Crippen LogP contribution in [0, 0.1) is 0 Å². The summed E-state index contributed by atoms with van der Waals surface area (Å²) in [6.07, 6.45) is 0. The molecule has 1 fully saturated rings. The minimum absolute atomic E-state index is 0.279. The molecular formula is C18H22N2O2. The fraction of sp³-hybridized carbons (Fsp3) is 0.333. The average molecular weight is 298 g/mol. The normalized spacial score (nSPS) is 15.7. The lowest BCUT2D eigenvalue weighted by molar-refractivity contribution is 0.230. The number of phenolic OH excluding ortho intramolecular Hbond substituents is 1. The number of hydrogen-bond acceptors (Lipinski definition) is 4. The molecule has 0 unspecified atom stereocenters. The standard InChI is InChI=1S/C18H22N2O2/c1-22-18-12-15(14-3-2-4-17(21)11-14)5-6-16(18)13-20-9-7-19-8-10-20/h2-6,11-12,19,21H,7-10,13H2,1H3. The molecule has 0 atom stereocenters. The summed E-state index contributed by atoms with van der Waals surface area (Å²) in [5.41, 5.74) is 3.25. The third kappa shape index (κ3) is 3.40. The van der Waals surface area contributed by atoms with Gasteiger partial charge >= 0.3 is 0 Å². The Morgan fingerprint density at radius 2 is 1.86 bits per heavy atom. The molecule has 1 aliphatic rings.